The van der Waals surface area contributed by atoms with Crippen LogP contribution in [-0.4, -0.2) is 6.04 Å². The minimum absolute atomic E-state index is 0.448. The number of benzene rings is 1. The van der Waals surface area contributed by atoms with Gasteiger partial charge in [-0.1, -0.05) is 39.3 Å². The molecular formula is C15H23N. The van der Waals surface area contributed by atoms with Crippen LogP contribution in [0.3, 0.4) is 0 Å². The van der Waals surface area contributed by atoms with E-state index in [-0.39, 0.29) is 0 Å². The molecule has 1 fully saturated rings. The highest BCUT2D eigenvalue weighted by Crippen LogP contribution is 2.38. The minimum Gasteiger partial charge on any atom is -0.382 e. The van der Waals surface area contributed by atoms with Crippen LogP contribution < -0.4 is 5.32 Å². The lowest BCUT2D eigenvalue weighted by Crippen LogP contribution is -2.30. The number of aryl methyl sites for hydroxylation is 1. The summed E-state index contributed by atoms with van der Waals surface area (Å²) in [4.78, 5) is 0. The van der Waals surface area contributed by atoms with E-state index in [9.17, 15) is 0 Å². The van der Waals surface area contributed by atoms with Gasteiger partial charge < -0.3 is 5.32 Å². The summed E-state index contributed by atoms with van der Waals surface area (Å²) in [5.41, 5.74) is 3.14. The van der Waals surface area contributed by atoms with Crippen molar-refractivity contribution in [3.63, 3.8) is 0 Å². The van der Waals surface area contributed by atoms with Gasteiger partial charge in [0.2, 0.25) is 0 Å². The molecule has 1 aromatic carbocycles. The van der Waals surface area contributed by atoms with Gasteiger partial charge in [0.1, 0.15) is 0 Å². The Hall–Kier alpha value is -0.980. The van der Waals surface area contributed by atoms with Crippen molar-refractivity contribution in [3.05, 3.63) is 29.8 Å². The third kappa shape index (κ3) is 2.40. The monoisotopic (exact) mass is 217 g/mol. The molecule has 0 radical (unpaired) electrons. The van der Waals surface area contributed by atoms with Gasteiger partial charge in [-0.05, 0) is 42.4 Å². The molecule has 1 saturated carbocycles. The first-order chi connectivity index (χ1) is 7.62. The summed E-state index contributed by atoms with van der Waals surface area (Å²) in [6, 6.07) is 9.52. The molecule has 0 spiro atoms. The van der Waals surface area contributed by atoms with Crippen LogP contribution in [0.5, 0.6) is 0 Å². The molecule has 1 heteroatoms. The van der Waals surface area contributed by atoms with Crippen LogP contribution in [0.2, 0.25) is 0 Å². The topological polar surface area (TPSA) is 12.0 Å². The fourth-order valence-electron chi connectivity index (χ4n) is 2.63. The molecule has 0 saturated heterocycles. The molecule has 2 rings (SSSR count). The molecule has 0 amide bonds. The van der Waals surface area contributed by atoms with E-state index in [2.05, 4.69) is 50.4 Å². The second-order valence-corrected chi connectivity index (χ2v) is 5.63. The van der Waals surface area contributed by atoms with Gasteiger partial charge in [-0.3, -0.25) is 0 Å². The second kappa shape index (κ2) is 4.48. The van der Waals surface area contributed by atoms with Crippen molar-refractivity contribution in [1.29, 1.82) is 0 Å². The summed E-state index contributed by atoms with van der Waals surface area (Å²) in [7, 11) is 0. The first kappa shape index (κ1) is 11.5. The van der Waals surface area contributed by atoms with Crippen LogP contribution in [0.1, 0.15) is 45.6 Å². The van der Waals surface area contributed by atoms with Gasteiger partial charge in [-0.15, -0.1) is 0 Å². The van der Waals surface area contributed by atoms with Crippen LogP contribution in [0.4, 0.5) is 5.69 Å². The summed E-state index contributed by atoms with van der Waals surface area (Å²) in [6.45, 7) is 6.94. The molecule has 1 aliphatic rings. The van der Waals surface area contributed by atoms with Crippen molar-refractivity contribution in [2.75, 3.05) is 5.32 Å². The van der Waals surface area contributed by atoms with Crippen molar-refractivity contribution < 1.29 is 0 Å². The van der Waals surface area contributed by atoms with E-state index in [1.165, 1.54) is 30.5 Å². The zero-order valence-electron chi connectivity index (χ0n) is 10.7. The fraction of sp³-hybridized carbons (Fsp3) is 0.600. The molecule has 1 aliphatic carbocycles. The first-order valence-corrected chi connectivity index (χ1v) is 6.47. The molecule has 1 aromatic rings. The second-order valence-electron chi connectivity index (χ2n) is 5.63. The lowest BCUT2D eigenvalue weighted by atomic mass is 9.87. The zero-order valence-corrected chi connectivity index (χ0v) is 10.7. The maximum atomic E-state index is 3.68. The predicted octanol–water partition coefficient (Wildman–Crippen LogP) is 4.24. The van der Waals surface area contributed by atoms with E-state index in [4.69, 9.17) is 0 Å². The Morgan fingerprint density at radius 1 is 1.25 bits per heavy atom. The number of rotatable bonds is 3. The van der Waals surface area contributed by atoms with Gasteiger partial charge >= 0.3 is 0 Å². The van der Waals surface area contributed by atoms with Crippen molar-refractivity contribution >= 4 is 5.69 Å². The van der Waals surface area contributed by atoms with Gasteiger partial charge in [-0.2, -0.15) is 0 Å². The molecule has 88 valence electrons. The summed E-state index contributed by atoms with van der Waals surface area (Å²) in [5.74, 6) is 0. The first-order valence-electron chi connectivity index (χ1n) is 6.47. The van der Waals surface area contributed by atoms with E-state index in [1.54, 1.807) is 0 Å². The smallest absolute Gasteiger partial charge is 0.0342 e. The zero-order chi connectivity index (χ0) is 11.6. The Morgan fingerprint density at radius 3 is 2.44 bits per heavy atom. The van der Waals surface area contributed by atoms with Gasteiger partial charge in [0, 0.05) is 11.7 Å². The highest BCUT2D eigenvalue weighted by molar-refractivity contribution is 5.46. The molecule has 16 heavy (non-hydrogen) atoms. The van der Waals surface area contributed by atoms with Crippen molar-refractivity contribution in [3.8, 4) is 0 Å². The maximum Gasteiger partial charge on any atom is 0.0342 e. The average Bonchev–Trinajstić information content (AvgIpc) is 2.59. The van der Waals surface area contributed by atoms with E-state index in [0.717, 1.165) is 6.42 Å². The molecule has 0 heterocycles. The molecular weight excluding hydrogens is 194 g/mol. The van der Waals surface area contributed by atoms with Gasteiger partial charge in [-0.25, -0.2) is 0 Å². The highest BCUT2D eigenvalue weighted by atomic mass is 14.9. The Balaban J connectivity index is 2.03. The average molecular weight is 217 g/mol. The third-order valence-electron chi connectivity index (χ3n) is 3.96. The molecule has 1 atom stereocenters. The number of hydrogen-bond donors (Lipinski definition) is 1. The number of hydrogen-bond acceptors (Lipinski definition) is 1. The Bertz CT molecular complexity index is 337. The van der Waals surface area contributed by atoms with E-state index < -0.39 is 0 Å². The molecule has 0 aliphatic heterocycles. The molecule has 1 unspecified atom stereocenters. The lowest BCUT2D eigenvalue weighted by Gasteiger charge is -2.28. The number of nitrogens with one attached hydrogen (secondary N) is 1. The van der Waals surface area contributed by atoms with E-state index in [0.29, 0.717) is 11.5 Å². The largest absolute Gasteiger partial charge is 0.382 e. The molecule has 0 bridgehead atoms. The van der Waals surface area contributed by atoms with Gasteiger partial charge in [0.25, 0.3) is 0 Å². The quantitative estimate of drug-likeness (QED) is 0.798. The Labute approximate surface area is 99.3 Å². The van der Waals surface area contributed by atoms with Crippen LogP contribution in [0, 0.1) is 5.41 Å². The number of anilines is 1. The maximum absolute atomic E-state index is 3.68. The van der Waals surface area contributed by atoms with Gasteiger partial charge in [0.15, 0.2) is 0 Å². The fourth-order valence-corrected chi connectivity index (χ4v) is 2.63. The standard InChI is InChI=1S/C15H23N/c1-4-12-7-9-13(10-8-12)16-14-6-5-11-15(14,2)3/h7-10,14,16H,4-6,11H2,1-3H3. The lowest BCUT2D eigenvalue weighted by molar-refractivity contribution is 0.350. The normalized spacial score (nSPS) is 23.3. The Kier molecular flexibility index (Phi) is 3.22. The summed E-state index contributed by atoms with van der Waals surface area (Å²) >= 11 is 0. The third-order valence-corrected chi connectivity index (χ3v) is 3.96. The summed E-state index contributed by atoms with van der Waals surface area (Å²) in [6.07, 6.45) is 5.13. The summed E-state index contributed by atoms with van der Waals surface area (Å²) < 4.78 is 0. The molecule has 0 aromatic heterocycles. The van der Waals surface area contributed by atoms with Crippen LogP contribution in [-0.2, 0) is 6.42 Å². The van der Waals surface area contributed by atoms with Crippen molar-refractivity contribution in [2.24, 2.45) is 5.41 Å². The van der Waals surface area contributed by atoms with E-state index in [1.807, 2.05) is 0 Å². The van der Waals surface area contributed by atoms with Gasteiger partial charge in [0.05, 0.1) is 0 Å². The SMILES string of the molecule is CCc1ccc(NC2CCCC2(C)C)cc1. The summed E-state index contributed by atoms with van der Waals surface area (Å²) in [5, 5.41) is 3.68. The highest BCUT2D eigenvalue weighted by Gasteiger charge is 2.34. The molecule has 1 N–H and O–H groups in total. The predicted molar refractivity (Wildman–Crippen MR) is 70.9 cm³/mol. The minimum atomic E-state index is 0.448. The van der Waals surface area contributed by atoms with E-state index >= 15 is 0 Å². The van der Waals surface area contributed by atoms with Crippen molar-refractivity contribution in [1.82, 2.24) is 0 Å². The van der Waals surface area contributed by atoms with Crippen molar-refractivity contribution in [2.45, 2.75) is 52.5 Å². The van der Waals surface area contributed by atoms with Crippen LogP contribution >= 0.6 is 0 Å². The molecule has 1 nitrogen and oxygen atoms in total. The Morgan fingerprint density at radius 2 is 1.94 bits per heavy atom. The van der Waals surface area contributed by atoms with Crippen LogP contribution in [0.25, 0.3) is 0 Å². The van der Waals surface area contributed by atoms with Crippen LogP contribution in [0.15, 0.2) is 24.3 Å².